The third kappa shape index (κ3) is 4.95. The maximum absolute atomic E-state index is 2.35. The predicted molar refractivity (Wildman–Crippen MR) is 98.4 cm³/mol. The highest BCUT2D eigenvalue weighted by Crippen LogP contribution is 2.62. The van der Waals surface area contributed by atoms with Crippen molar-refractivity contribution >= 4 is 15.8 Å². The van der Waals surface area contributed by atoms with Gasteiger partial charge in [-0.2, -0.15) is 0 Å². The van der Waals surface area contributed by atoms with Gasteiger partial charge in [0, 0.05) is 0 Å². The molecule has 20 heavy (non-hydrogen) atoms. The first-order valence-electron chi connectivity index (χ1n) is 9.35. The summed E-state index contributed by atoms with van der Waals surface area (Å²) in [6.45, 7) is 4.70. The minimum atomic E-state index is 0.440. The van der Waals surface area contributed by atoms with E-state index in [0.29, 0.717) is 15.8 Å². The Balaban J connectivity index is 1.80. The fourth-order valence-corrected chi connectivity index (χ4v) is 12.0. The van der Waals surface area contributed by atoms with Gasteiger partial charge < -0.3 is 0 Å². The van der Waals surface area contributed by atoms with Gasteiger partial charge in [-0.05, 0) is 74.5 Å². The highest BCUT2D eigenvalue weighted by Gasteiger charge is 2.38. The molecule has 118 valence electrons. The Morgan fingerprint density at radius 1 is 0.700 bits per heavy atom. The van der Waals surface area contributed by atoms with E-state index in [-0.39, 0.29) is 0 Å². The van der Waals surface area contributed by atoms with Gasteiger partial charge in [-0.3, -0.25) is 0 Å². The molecular formula is C18H36P2. The first-order chi connectivity index (χ1) is 9.86. The summed E-state index contributed by atoms with van der Waals surface area (Å²) < 4.78 is 0. The standard InChI is InChI=1S/C18H36P2/c1-3-5-7-13-19-15-9-11-17(19)18-12-10-16-20(18)14-8-6-4-2/h17-18H,3-16H2,1-2H3/t17-,18-,19+,20?/m0/s1. The van der Waals surface area contributed by atoms with Crippen LogP contribution in [0.25, 0.3) is 0 Å². The molecule has 0 N–H and O–H groups in total. The molecule has 1 unspecified atom stereocenters. The Kier molecular flexibility index (Phi) is 8.43. The maximum Gasteiger partial charge on any atom is -0.0141 e. The number of hydrogen-bond acceptors (Lipinski definition) is 0. The molecule has 2 heteroatoms. The molecule has 4 atom stereocenters. The molecule has 0 aromatic rings. The molecule has 0 radical (unpaired) electrons. The third-order valence-electron chi connectivity index (χ3n) is 5.37. The van der Waals surface area contributed by atoms with Crippen molar-refractivity contribution in [2.24, 2.45) is 0 Å². The predicted octanol–water partition coefficient (Wildman–Crippen LogP) is 6.66. The Morgan fingerprint density at radius 3 is 1.55 bits per heavy atom. The second kappa shape index (κ2) is 9.79. The lowest BCUT2D eigenvalue weighted by Crippen LogP contribution is -2.19. The van der Waals surface area contributed by atoms with Crippen molar-refractivity contribution in [2.45, 2.75) is 89.4 Å². The highest BCUT2D eigenvalue weighted by atomic mass is 31.1. The summed E-state index contributed by atoms with van der Waals surface area (Å²) in [6, 6.07) is 0. The van der Waals surface area contributed by atoms with Crippen LogP contribution in [0.3, 0.4) is 0 Å². The van der Waals surface area contributed by atoms with Gasteiger partial charge in [0.2, 0.25) is 0 Å². The Hall–Kier alpha value is 0.860. The lowest BCUT2D eigenvalue weighted by molar-refractivity contribution is 0.690. The van der Waals surface area contributed by atoms with Crippen molar-refractivity contribution in [2.75, 3.05) is 24.6 Å². The summed E-state index contributed by atoms with van der Waals surface area (Å²) in [4.78, 5) is 0. The van der Waals surface area contributed by atoms with Crippen LogP contribution >= 0.6 is 15.8 Å². The van der Waals surface area contributed by atoms with E-state index in [0.717, 1.165) is 0 Å². The van der Waals surface area contributed by atoms with E-state index < -0.39 is 0 Å². The van der Waals surface area contributed by atoms with Crippen LogP contribution in [0, 0.1) is 0 Å². The summed E-state index contributed by atoms with van der Waals surface area (Å²) >= 11 is 0. The molecule has 2 fully saturated rings. The summed E-state index contributed by atoms with van der Waals surface area (Å²) in [7, 11) is 0.880. The third-order valence-corrected chi connectivity index (χ3v) is 12.3. The SMILES string of the molecule is CCCCCP1CCC[C@H]1[C@@H]1CCC[P@@]1CCCCC. The van der Waals surface area contributed by atoms with Crippen LogP contribution in [0.1, 0.15) is 78.1 Å². The zero-order valence-corrected chi connectivity index (χ0v) is 15.7. The van der Waals surface area contributed by atoms with Crippen LogP contribution in [-0.2, 0) is 0 Å². The average Bonchev–Trinajstić information content (AvgIpc) is 3.08. The zero-order chi connectivity index (χ0) is 14.2. The fourth-order valence-electron chi connectivity index (χ4n) is 4.26. The number of rotatable bonds is 9. The van der Waals surface area contributed by atoms with Crippen molar-refractivity contribution in [3.8, 4) is 0 Å². The quantitative estimate of drug-likeness (QED) is 0.330. The maximum atomic E-state index is 2.35. The molecule has 2 saturated heterocycles. The van der Waals surface area contributed by atoms with Gasteiger partial charge >= 0.3 is 0 Å². The molecule has 2 rings (SSSR count). The van der Waals surface area contributed by atoms with E-state index in [9.17, 15) is 0 Å². The van der Waals surface area contributed by atoms with Gasteiger partial charge in [0.05, 0.1) is 0 Å². The average molecular weight is 314 g/mol. The molecule has 2 aliphatic rings. The van der Waals surface area contributed by atoms with Gasteiger partial charge in [-0.15, -0.1) is 15.8 Å². The lowest BCUT2D eigenvalue weighted by atomic mass is 10.1. The zero-order valence-electron chi connectivity index (χ0n) is 13.9. The van der Waals surface area contributed by atoms with Crippen molar-refractivity contribution in [3.05, 3.63) is 0 Å². The van der Waals surface area contributed by atoms with Crippen LogP contribution in [-0.4, -0.2) is 36.0 Å². The molecule has 0 saturated carbocycles. The molecule has 0 aliphatic carbocycles. The molecule has 0 aromatic carbocycles. The summed E-state index contributed by atoms with van der Waals surface area (Å²) in [5.74, 6) is 0. The topological polar surface area (TPSA) is 0 Å². The minimum Gasteiger partial charge on any atom is -0.103 e. The van der Waals surface area contributed by atoms with Crippen LogP contribution in [0.15, 0.2) is 0 Å². The summed E-state index contributed by atoms with van der Waals surface area (Å²) in [5, 5.41) is 0. The van der Waals surface area contributed by atoms with Gasteiger partial charge in [0.25, 0.3) is 0 Å². The van der Waals surface area contributed by atoms with Crippen LogP contribution < -0.4 is 0 Å². The van der Waals surface area contributed by atoms with E-state index in [1.54, 1.807) is 63.2 Å². The normalized spacial score (nSPS) is 33.9. The molecule has 0 amide bonds. The molecular weight excluding hydrogens is 278 g/mol. The Labute approximate surface area is 130 Å². The van der Waals surface area contributed by atoms with E-state index in [1.807, 2.05) is 0 Å². The van der Waals surface area contributed by atoms with Crippen molar-refractivity contribution in [3.63, 3.8) is 0 Å². The van der Waals surface area contributed by atoms with Gasteiger partial charge in [0.15, 0.2) is 0 Å². The Bertz CT molecular complexity index is 228. The van der Waals surface area contributed by atoms with Gasteiger partial charge in [-0.1, -0.05) is 39.5 Å². The molecule has 0 spiro atoms. The molecule has 0 bridgehead atoms. The van der Waals surface area contributed by atoms with E-state index in [2.05, 4.69) is 13.8 Å². The fraction of sp³-hybridized carbons (Fsp3) is 1.00. The lowest BCUT2D eigenvalue weighted by Gasteiger charge is -2.31. The van der Waals surface area contributed by atoms with Gasteiger partial charge in [-0.25, -0.2) is 0 Å². The molecule has 0 nitrogen and oxygen atoms in total. The van der Waals surface area contributed by atoms with E-state index in [4.69, 9.17) is 0 Å². The van der Waals surface area contributed by atoms with Crippen LogP contribution in [0.5, 0.6) is 0 Å². The second-order valence-electron chi connectivity index (χ2n) is 6.91. The minimum absolute atomic E-state index is 0.440. The van der Waals surface area contributed by atoms with Crippen LogP contribution in [0.4, 0.5) is 0 Å². The molecule has 2 aliphatic heterocycles. The molecule has 2 heterocycles. The monoisotopic (exact) mass is 314 g/mol. The van der Waals surface area contributed by atoms with E-state index in [1.165, 1.54) is 37.0 Å². The van der Waals surface area contributed by atoms with Crippen molar-refractivity contribution in [1.29, 1.82) is 0 Å². The second-order valence-corrected chi connectivity index (χ2v) is 12.4. The Morgan fingerprint density at radius 2 is 1.15 bits per heavy atom. The van der Waals surface area contributed by atoms with E-state index >= 15 is 0 Å². The number of unbranched alkanes of at least 4 members (excludes halogenated alkanes) is 4. The smallest absolute Gasteiger partial charge is 0.0141 e. The first kappa shape index (κ1) is 17.2. The van der Waals surface area contributed by atoms with Crippen molar-refractivity contribution in [1.82, 2.24) is 0 Å². The molecule has 0 aromatic heterocycles. The van der Waals surface area contributed by atoms with Crippen molar-refractivity contribution < 1.29 is 0 Å². The first-order valence-corrected chi connectivity index (χ1v) is 12.9. The summed E-state index contributed by atoms with van der Waals surface area (Å²) in [6.07, 6.45) is 21.8. The van der Waals surface area contributed by atoms with Gasteiger partial charge in [0.1, 0.15) is 0 Å². The highest BCUT2D eigenvalue weighted by molar-refractivity contribution is 7.63. The largest absolute Gasteiger partial charge is 0.103 e. The number of hydrogen-bond donors (Lipinski definition) is 0. The summed E-state index contributed by atoms with van der Waals surface area (Å²) in [5.41, 5.74) is 2.44. The van der Waals surface area contributed by atoms with Crippen LogP contribution in [0.2, 0.25) is 0 Å².